The fourth-order valence-corrected chi connectivity index (χ4v) is 3.55. The van der Waals surface area contributed by atoms with Gasteiger partial charge in [0.2, 0.25) is 11.8 Å². The Labute approximate surface area is 171 Å². The number of rotatable bonds is 4. The Morgan fingerprint density at radius 2 is 1.80 bits per heavy atom. The van der Waals surface area contributed by atoms with Gasteiger partial charge in [-0.05, 0) is 56.5 Å². The first-order valence-corrected chi connectivity index (χ1v) is 9.62. The van der Waals surface area contributed by atoms with Gasteiger partial charge in [-0.15, -0.1) is 0 Å². The highest BCUT2D eigenvalue weighted by atomic mass is 19.4. The van der Waals surface area contributed by atoms with Gasteiger partial charge in [-0.3, -0.25) is 14.5 Å². The van der Waals surface area contributed by atoms with Crippen molar-refractivity contribution in [1.29, 1.82) is 0 Å². The summed E-state index contributed by atoms with van der Waals surface area (Å²) in [5.74, 6) is -1.53. The van der Waals surface area contributed by atoms with E-state index in [0.29, 0.717) is 17.0 Å². The first kappa shape index (κ1) is 20.1. The number of hydrogen-bond acceptors (Lipinski definition) is 3. The minimum absolute atomic E-state index is 0.0495. The maximum absolute atomic E-state index is 13.3. The zero-order valence-electron chi connectivity index (χ0n) is 16.5. The number of halogens is 3. The van der Waals surface area contributed by atoms with Crippen molar-refractivity contribution < 1.29 is 22.8 Å². The van der Waals surface area contributed by atoms with Gasteiger partial charge < -0.3 is 0 Å². The minimum atomic E-state index is -4.53. The third kappa shape index (κ3) is 3.69. The second-order valence-corrected chi connectivity index (χ2v) is 7.72. The van der Waals surface area contributed by atoms with Gasteiger partial charge in [0, 0.05) is 11.6 Å². The van der Waals surface area contributed by atoms with Gasteiger partial charge in [0.05, 0.1) is 17.0 Å². The fraction of sp³-hybridized carbons (Fsp3) is 0.318. The van der Waals surface area contributed by atoms with Gasteiger partial charge >= 0.3 is 6.18 Å². The third-order valence-corrected chi connectivity index (χ3v) is 5.38. The summed E-state index contributed by atoms with van der Waals surface area (Å²) in [6.07, 6.45) is -2.91. The third-order valence-electron chi connectivity index (χ3n) is 5.38. The number of nitrogens with one attached hydrogen (secondary N) is 1. The number of fused-ring (bicyclic) bond motifs is 1. The molecule has 1 aliphatic carbocycles. The molecule has 1 atom stereocenters. The summed E-state index contributed by atoms with van der Waals surface area (Å²) in [7, 11) is 0. The van der Waals surface area contributed by atoms with Crippen molar-refractivity contribution in [2.45, 2.75) is 38.8 Å². The molecule has 4 rings (SSSR count). The maximum atomic E-state index is 13.3. The molecule has 2 aliphatic rings. The number of carbonyl (C=O) groups is 2. The number of hydrazone groups is 1. The van der Waals surface area contributed by atoms with Gasteiger partial charge in [-0.25, -0.2) is 5.43 Å². The lowest BCUT2D eigenvalue weighted by molar-refractivity contribution is -0.137. The largest absolute Gasteiger partial charge is 0.416 e. The summed E-state index contributed by atoms with van der Waals surface area (Å²) in [5, 5.41) is 4.08. The standard InChI is InChI=1S/C22H20F3N3O2/c1-12-3-8-16(9-4-12)28-18-11-15(22(23,24)25)7-10-17(18)19(21(28)30)13(2)26-27-20(29)14-5-6-14/h3-4,7-11,14,19H,5-6H2,1-2H3,(H,27,29)/b26-13-. The van der Waals surface area contributed by atoms with Crippen LogP contribution in [0.15, 0.2) is 47.6 Å². The number of hydrogen-bond donors (Lipinski definition) is 1. The second-order valence-electron chi connectivity index (χ2n) is 7.72. The maximum Gasteiger partial charge on any atom is 0.416 e. The number of nitrogens with zero attached hydrogens (tertiary/aromatic N) is 2. The van der Waals surface area contributed by atoms with E-state index in [-0.39, 0.29) is 17.5 Å². The summed E-state index contributed by atoms with van der Waals surface area (Å²) in [6.45, 7) is 3.48. The molecular weight excluding hydrogens is 395 g/mol. The lowest BCUT2D eigenvalue weighted by Gasteiger charge is -2.19. The van der Waals surface area contributed by atoms with E-state index in [1.807, 2.05) is 6.92 Å². The number of alkyl halides is 3. The monoisotopic (exact) mass is 415 g/mol. The average molecular weight is 415 g/mol. The summed E-state index contributed by atoms with van der Waals surface area (Å²) >= 11 is 0. The molecule has 0 spiro atoms. The Bertz CT molecular complexity index is 1040. The Hall–Kier alpha value is -3.16. The van der Waals surface area contributed by atoms with Crippen LogP contribution >= 0.6 is 0 Å². The van der Waals surface area contributed by atoms with Crippen LogP contribution in [0.3, 0.4) is 0 Å². The fourth-order valence-electron chi connectivity index (χ4n) is 3.55. The molecule has 5 nitrogen and oxygen atoms in total. The van der Waals surface area contributed by atoms with Crippen LogP contribution in [0, 0.1) is 12.8 Å². The molecule has 1 heterocycles. The lowest BCUT2D eigenvalue weighted by Crippen LogP contribution is -2.29. The van der Waals surface area contributed by atoms with E-state index >= 15 is 0 Å². The van der Waals surface area contributed by atoms with Gasteiger partial charge in [-0.1, -0.05) is 23.8 Å². The van der Waals surface area contributed by atoms with Crippen LogP contribution < -0.4 is 10.3 Å². The smallest absolute Gasteiger partial charge is 0.280 e. The summed E-state index contributed by atoms with van der Waals surface area (Å²) < 4.78 is 39.9. The highest BCUT2D eigenvalue weighted by Gasteiger charge is 2.42. The molecule has 156 valence electrons. The Morgan fingerprint density at radius 1 is 1.13 bits per heavy atom. The van der Waals surface area contributed by atoms with Crippen molar-refractivity contribution >= 4 is 28.9 Å². The predicted molar refractivity (Wildman–Crippen MR) is 106 cm³/mol. The van der Waals surface area contributed by atoms with E-state index in [1.165, 1.54) is 11.0 Å². The van der Waals surface area contributed by atoms with Crippen molar-refractivity contribution in [2.24, 2.45) is 11.0 Å². The van der Waals surface area contributed by atoms with E-state index in [0.717, 1.165) is 30.5 Å². The van der Waals surface area contributed by atoms with Crippen LogP contribution in [0.5, 0.6) is 0 Å². The molecular formula is C22H20F3N3O2. The van der Waals surface area contributed by atoms with E-state index in [4.69, 9.17) is 0 Å². The van der Waals surface area contributed by atoms with Gasteiger partial charge in [0.25, 0.3) is 0 Å². The van der Waals surface area contributed by atoms with E-state index in [2.05, 4.69) is 10.5 Å². The first-order valence-electron chi connectivity index (χ1n) is 9.62. The van der Waals surface area contributed by atoms with Crippen LogP contribution in [0.1, 0.15) is 42.4 Å². The summed E-state index contributed by atoms with van der Waals surface area (Å²) in [6, 6.07) is 10.2. The van der Waals surface area contributed by atoms with Crippen LogP contribution in [0.25, 0.3) is 0 Å². The molecule has 0 aromatic heterocycles. The SMILES string of the molecule is C/C(=N/NC(=O)C1CC1)C1C(=O)N(c2ccc(C)cc2)c2cc(C(F)(F)F)ccc21. The van der Waals surface area contributed by atoms with Crippen molar-refractivity contribution in [3.63, 3.8) is 0 Å². The molecule has 1 aliphatic heterocycles. The molecule has 2 aromatic rings. The van der Waals surface area contributed by atoms with Crippen molar-refractivity contribution in [1.82, 2.24) is 5.43 Å². The minimum Gasteiger partial charge on any atom is -0.280 e. The van der Waals surface area contributed by atoms with E-state index in [9.17, 15) is 22.8 Å². The Kier molecular flexibility index (Phi) is 4.88. The molecule has 0 saturated heterocycles. The Morgan fingerprint density at radius 3 is 2.40 bits per heavy atom. The highest BCUT2D eigenvalue weighted by molar-refractivity contribution is 6.21. The molecule has 1 N–H and O–H groups in total. The van der Waals surface area contributed by atoms with E-state index < -0.39 is 23.6 Å². The molecule has 8 heteroatoms. The zero-order chi connectivity index (χ0) is 21.6. The van der Waals surface area contributed by atoms with E-state index in [1.54, 1.807) is 31.2 Å². The topological polar surface area (TPSA) is 61.8 Å². The molecule has 2 amide bonds. The first-order chi connectivity index (χ1) is 14.2. The second kappa shape index (κ2) is 7.27. The number of amides is 2. The van der Waals surface area contributed by atoms with Crippen molar-refractivity contribution in [3.05, 3.63) is 59.2 Å². The predicted octanol–water partition coefficient (Wildman–Crippen LogP) is 4.68. The molecule has 30 heavy (non-hydrogen) atoms. The molecule has 1 fully saturated rings. The summed E-state index contributed by atoms with van der Waals surface area (Å²) in [4.78, 5) is 26.5. The van der Waals surface area contributed by atoms with Gasteiger partial charge in [0.15, 0.2) is 0 Å². The number of aryl methyl sites for hydroxylation is 1. The van der Waals surface area contributed by atoms with Crippen molar-refractivity contribution in [2.75, 3.05) is 4.90 Å². The van der Waals surface area contributed by atoms with Crippen molar-refractivity contribution in [3.8, 4) is 0 Å². The van der Waals surface area contributed by atoms with Crippen LogP contribution in [-0.4, -0.2) is 17.5 Å². The van der Waals surface area contributed by atoms with Crippen LogP contribution in [0.2, 0.25) is 0 Å². The van der Waals surface area contributed by atoms with Gasteiger partial charge in [0.1, 0.15) is 5.92 Å². The molecule has 2 aromatic carbocycles. The molecule has 1 unspecified atom stereocenters. The summed E-state index contributed by atoms with van der Waals surface area (Å²) in [5.41, 5.74) is 4.00. The Balaban J connectivity index is 1.76. The number of carbonyl (C=O) groups excluding carboxylic acids is 2. The quantitative estimate of drug-likeness (QED) is 0.582. The van der Waals surface area contributed by atoms with Crippen LogP contribution in [-0.2, 0) is 15.8 Å². The van der Waals surface area contributed by atoms with Crippen LogP contribution in [0.4, 0.5) is 24.5 Å². The normalized spacial score (nSPS) is 19.1. The molecule has 0 bridgehead atoms. The average Bonchev–Trinajstić information content (AvgIpc) is 3.49. The lowest BCUT2D eigenvalue weighted by atomic mass is 9.95. The van der Waals surface area contributed by atoms with Gasteiger partial charge in [-0.2, -0.15) is 18.3 Å². The zero-order valence-corrected chi connectivity index (χ0v) is 16.5. The highest BCUT2D eigenvalue weighted by Crippen LogP contribution is 2.45. The molecule has 0 radical (unpaired) electrons. The number of benzene rings is 2. The number of anilines is 2. The molecule has 1 saturated carbocycles.